The molecular formula is C26H29N7O. The van der Waals surface area contributed by atoms with Crippen LogP contribution in [0.1, 0.15) is 35.7 Å². The van der Waals surface area contributed by atoms with Crippen LogP contribution in [0.5, 0.6) is 5.75 Å². The monoisotopic (exact) mass is 455 g/mol. The van der Waals surface area contributed by atoms with Gasteiger partial charge in [-0.05, 0) is 49.5 Å². The zero-order valence-electron chi connectivity index (χ0n) is 19.3. The summed E-state index contributed by atoms with van der Waals surface area (Å²) in [6.07, 6.45) is 4.29. The smallest absolute Gasteiger partial charge is 0.162 e. The number of imidazole rings is 1. The average Bonchev–Trinajstić information content (AvgIpc) is 3.24. The van der Waals surface area contributed by atoms with Crippen molar-refractivity contribution in [2.75, 3.05) is 31.8 Å². The van der Waals surface area contributed by atoms with Gasteiger partial charge in [-0.25, -0.2) is 10.8 Å². The molecule has 2 aliphatic heterocycles. The van der Waals surface area contributed by atoms with Crippen LogP contribution in [0, 0.1) is 11.3 Å². The van der Waals surface area contributed by atoms with Crippen molar-refractivity contribution in [1.82, 2.24) is 14.5 Å². The molecule has 3 heterocycles. The van der Waals surface area contributed by atoms with Crippen molar-refractivity contribution < 1.29 is 4.74 Å². The number of benzene rings is 2. The predicted molar refractivity (Wildman–Crippen MR) is 131 cm³/mol. The Balaban J connectivity index is 1.43. The number of nitrogens with zero attached hydrogens (tertiary/aromatic N) is 5. The van der Waals surface area contributed by atoms with Gasteiger partial charge in [-0.15, -0.1) is 0 Å². The van der Waals surface area contributed by atoms with Crippen molar-refractivity contribution in [3.63, 3.8) is 0 Å². The van der Waals surface area contributed by atoms with E-state index >= 15 is 0 Å². The van der Waals surface area contributed by atoms with Gasteiger partial charge in [0.1, 0.15) is 18.1 Å². The minimum atomic E-state index is 0.381. The number of nitriles is 1. The fraction of sp³-hybridized carbons (Fsp3) is 0.308. The molecule has 8 heteroatoms. The number of hydrogen-bond acceptors (Lipinski definition) is 7. The van der Waals surface area contributed by atoms with Gasteiger partial charge in [-0.2, -0.15) is 5.26 Å². The number of likely N-dealkylation sites (tertiary alicyclic amines) is 1. The Hall–Kier alpha value is -3.80. The Morgan fingerprint density at radius 3 is 2.62 bits per heavy atom. The number of fused-ring (bicyclic) bond motifs is 3. The molecule has 2 aromatic carbocycles. The zero-order valence-corrected chi connectivity index (χ0v) is 19.3. The van der Waals surface area contributed by atoms with Gasteiger partial charge in [-0.3, -0.25) is 14.5 Å². The van der Waals surface area contributed by atoms with Crippen LogP contribution in [0.3, 0.4) is 0 Å². The van der Waals surface area contributed by atoms with Gasteiger partial charge in [0.15, 0.2) is 5.69 Å². The third-order valence-electron chi connectivity index (χ3n) is 6.92. The molecule has 0 bridgehead atoms. The van der Waals surface area contributed by atoms with Gasteiger partial charge < -0.3 is 10.5 Å². The van der Waals surface area contributed by atoms with Crippen molar-refractivity contribution >= 4 is 5.69 Å². The van der Waals surface area contributed by atoms with E-state index in [1.165, 1.54) is 5.56 Å². The molecule has 0 amide bonds. The van der Waals surface area contributed by atoms with Crippen molar-refractivity contribution in [3.8, 4) is 17.5 Å². The maximum atomic E-state index is 9.63. The second-order valence-corrected chi connectivity index (χ2v) is 8.86. The summed E-state index contributed by atoms with van der Waals surface area (Å²) < 4.78 is 7.35. The van der Waals surface area contributed by atoms with Crippen LogP contribution < -0.4 is 21.3 Å². The summed E-state index contributed by atoms with van der Waals surface area (Å²) in [7, 11) is 1.62. The zero-order chi connectivity index (χ0) is 23.7. The third-order valence-corrected chi connectivity index (χ3v) is 6.92. The lowest BCUT2D eigenvalue weighted by molar-refractivity contribution is 0.227. The predicted octanol–water partition coefficient (Wildman–Crippen LogP) is 3.04. The molecule has 0 saturated carbocycles. The fourth-order valence-corrected chi connectivity index (χ4v) is 5.01. The first-order valence-corrected chi connectivity index (χ1v) is 11.5. The summed E-state index contributed by atoms with van der Waals surface area (Å²) in [5, 5.41) is 11.3. The van der Waals surface area contributed by atoms with Crippen molar-refractivity contribution in [1.29, 1.82) is 5.26 Å². The summed E-state index contributed by atoms with van der Waals surface area (Å²) in [6, 6.07) is 18.6. The highest BCUT2D eigenvalue weighted by Crippen LogP contribution is 2.36. The first-order chi connectivity index (χ1) is 16.6. The molecule has 5 rings (SSSR count). The van der Waals surface area contributed by atoms with Crippen LogP contribution in [0.2, 0.25) is 0 Å². The fourth-order valence-electron chi connectivity index (χ4n) is 5.01. The standard InChI is InChI=1S/C26H29N7O/c1-34-20-7-8-23-26(13-20)33(29)24(14-25-22(15-27)30-17-32(23)25)21(28)16-31-11-9-19(10-12-31)18-5-3-2-4-6-18/h2-8,13,17,19H,9-12,14,16,28-29H2,1H3/b24-21-. The molecule has 0 radical (unpaired) electrons. The van der Waals surface area contributed by atoms with E-state index in [1.54, 1.807) is 18.4 Å². The van der Waals surface area contributed by atoms with Crippen LogP contribution >= 0.6 is 0 Å². The Labute approximate surface area is 199 Å². The van der Waals surface area contributed by atoms with Crippen LogP contribution in [0.15, 0.2) is 66.3 Å². The lowest BCUT2D eigenvalue weighted by atomic mass is 9.89. The maximum Gasteiger partial charge on any atom is 0.162 e. The van der Waals surface area contributed by atoms with E-state index in [0.29, 0.717) is 36.0 Å². The lowest BCUT2D eigenvalue weighted by Crippen LogP contribution is -2.39. The summed E-state index contributed by atoms with van der Waals surface area (Å²) in [6.45, 7) is 2.58. The number of piperidine rings is 1. The number of rotatable bonds is 4. The molecular weight excluding hydrogens is 426 g/mol. The summed E-state index contributed by atoms with van der Waals surface area (Å²) >= 11 is 0. The SMILES string of the molecule is COc1ccc2c(c1)N(N)/C(=C(\N)CN1CCC(c3ccccc3)CC1)Cc1c(C#N)ncn1-2. The highest BCUT2D eigenvalue weighted by atomic mass is 16.5. The molecule has 8 nitrogen and oxygen atoms in total. The molecule has 0 unspecified atom stereocenters. The minimum Gasteiger partial charge on any atom is -0.497 e. The van der Waals surface area contributed by atoms with Gasteiger partial charge in [0.05, 0.1) is 29.9 Å². The molecule has 3 aromatic rings. The quantitative estimate of drug-likeness (QED) is 0.582. The molecule has 0 aliphatic carbocycles. The molecule has 34 heavy (non-hydrogen) atoms. The van der Waals surface area contributed by atoms with E-state index in [1.807, 2.05) is 22.8 Å². The first kappa shape index (κ1) is 22.0. The van der Waals surface area contributed by atoms with Crippen LogP contribution in [-0.2, 0) is 6.42 Å². The minimum absolute atomic E-state index is 0.381. The molecule has 0 spiro atoms. The molecule has 2 aliphatic rings. The molecule has 174 valence electrons. The van der Waals surface area contributed by atoms with E-state index in [9.17, 15) is 5.26 Å². The summed E-state index contributed by atoms with van der Waals surface area (Å²) in [5.41, 5.74) is 12.3. The third kappa shape index (κ3) is 4.00. The molecule has 4 N–H and O–H groups in total. The van der Waals surface area contributed by atoms with E-state index in [-0.39, 0.29) is 0 Å². The van der Waals surface area contributed by atoms with E-state index in [4.69, 9.17) is 16.3 Å². The van der Waals surface area contributed by atoms with Crippen molar-refractivity contribution in [3.05, 3.63) is 83.2 Å². The number of ether oxygens (including phenoxy) is 1. The highest BCUT2D eigenvalue weighted by Gasteiger charge is 2.28. The Kier molecular flexibility index (Phi) is 5.97. The Bertz CT molecular complexity index is 1250. The van der Waals surface area contributed by atoms with Gasteiger partial charge >= 0.3 is 0 Å². The van der Waals surface area contributed by atoms with E-state index < -0.39 is 0 Å². The number of anilines is 1. The number of hydrogen-bond donors (Lipinski definition) is 2. The number of aromatic nitrogens is 2. The summed E-state index contributed by atoms with van der Waals surface area (Å²) in [5.74, 6) is 7.93. The number of allylic oxidation sites excluding steroid dienone is 1. The lowest BCUT2D eigenvalue weighted by Gasteiger charge is -2.33. The Morgan fingerprint density at radius 2 is 1.91 bits per heavy atom. The van der Waals surface area contributed by atoms with Crippen molar-refractivity contribution in [2.45, 2.75) is 25.2 Å². The first-order valence-electron chi connectivity index (χ1n) is 11.5. The second kappa shape index (κ2) is 9.21. The molecule has 1 fully saturated rings. The second-order valence-electron chi connectivity index (χ2n) is 8.86. The summed E-state index contributed by atoms with van der Waals surface area (Å²) in [4.78, 5) is 6.69. The molecule has 1 aromatic heterocycles. The largest absolute Gasteiger partial charge is 0.497 e. The average molecular weight is 456 g/mol. The Morgan fingerprint density at radius 1 is 1.15 bits per heavy atom. The van der Waals surface area contributed by atoms with Gasteiger partial charge in [0.2, 0.25) is 0 Å². The van der Waals surface area contributed by atoms with Crippen LogP contribution in [-0.4, -0.2) is 41.2 Å². The van der Waals surface area contributed by atoms with Crippen LogP contribution in [0.25, 0.3) is 5.69 Å². The number of nitrogens with two attached hydrogens (primary N) is 2. The van der Waals surface area contributed by atoms with Crippen molar-refractivity contribution in [2.24, 2.45) is 11.6 Å². The van der Waals surface area contributed by atoms with Gasteiger partial charge in [0.25, 0.3) is 0 Å². The molecule has 0 atom stereocenters. The molecule has 1 saturated heterocycles. The van der Waals surface area contributed by atoms with E-state index in [2.05, 4.69) is 46.3 Å². The van der Waals surface area contributed by atoms with Gasteiger partial charge in [-0.1, -0.05) is 30.3 Å². The van der Waals surface area contributed by atoms with Gasteiger partial charge in [0, 0.05) is 24.7 Å². The number of methoxy groups -OCH3 is 1. The maximum absolute atomic E-state index is 9.63. The van der Waals surface area contributed by atoms with E-state index in [0.717, 1.165) is 48.7 Å². The highest BCUT2D eigenvalue weighted by molar-refractivity contribution is 5.70. The topological polar surface area (TPSA) is 109 Å². The normalized spacial score (nSPS) is 18.0. The van der Waals surface area contributed by atoms with Crippen LogP contribution in [0.4, 0.5) is 5.69 Å². The number of hydrazine groups is 1.